The lowest BCUT2D eigenvalue weighted by Crippen LogP contribution is -1.91. The molecule has 2 aromatic rings. The van der Waals surface area contributed by atoms with E-state index in [1.54, 1.807) is 21.3 Å². The van der Waals surface area contributed by atoms with E-state index in [1.807, 2.05) is 42.5 Å². The van der Waals surface area contributed by atoms with Crippen LogP contribution in [0.2, 0.25) is 0 Å². The van der Waals surface area contributed by atoms with Gasteiger partial charge in [-0.1, -0.05) is 18.2 Å². The molecule has 0 aromatic heterocycles. The molecule has 0 spiro atoms. The summed E-state index contributed by atoms with van der Waals surface area (Å²) in [6.45, 7) is 0. The zero-order chi connectivity index (χ0) is 13.0. The number of rotatable bonds is 4. The summed E-state index contributed by atoms with van der Waals surface area (Å²) in [6, 6.07) is 13.7. The van der Waals surface area contributed by atoms with Crippen LogP contribution in [-0.2, 0) is 0 Å². The lowest BCUT2D eigenvalue weighted by atomic mass is 10.0. The average Bonchev–Trinajstić information content (AvgIpc) is 2.46. The molecule has 0 heterocycles. The first kappa shape index (κ1) is 12.3. The first-order chi connectivity index (χ1) is 8.78. The Kier molecular flexibility index (Phi) is 3.72. The molecule has 0 aliphatic heterocycles. The maximum absolute atomic E-state index is 5.30. The van der Waals surface area contributed by atoms with Crippen molar-refractivity contribution in [3.63, 3.8) is 0 Å². The minimum atomic E-state index is 0.720. The molecule has 0 amide bonds. The van der Waals surface area contributed by atoms with Crippen molar-refractivity contribution in [1.29, 1.82) is 0 Å². The lowest BCUT2D eigenvalue weighted by Gasteiger charge is -2.10. The molecule has 18 heavy (non-hydrogen) atoms. The fourth-order valence-corrected chi connectivity index (χ4v) is 1.82. The van der Waals surface area contributed by atoms with Gasteiger partial charge in [-0.05, 0) is 35.4 Å². The van der Waals surface area contributed by atoms with E-state index in [2.05, 4.69) is 0 Å². The zero-order valence-corrected chi connectivity index (χ0v) is 10.8. The van der Waals surface area contributed by atoms with Crippen molar-refractivity contribution >= 4 is 0 Å². The fraction of sp³-hybridized carbons (Fsp3) is 0.200. The van der Waals surface area contributed by atoms with Gasteiger partial charge in [0.2, 0.25) is 0 Å². The van der Waals surface area contributed by atoms with Crippen molar-refractivity contribution in [2.45, 2.75) is 0 Å². The molecular weight excluding hydrogens is 228 g/mol. The van der Waals surface area contributed by atoms with Crippen LogP contribution in [0.25, 0.3) is 11.1 Å². The molecule has 94 valence electrons. The van der Waals surface area contributed by atoms with Crippen LogP contribution in [0.15, 0.2) is 42.5 Å². The number of hydrogen-bond donors (Lipinski definition) is 0. The molecule has 0 unspecified atom stereocenters. The van der Waals surface area contributed by atoms with Crippen molar-refractivity contribution in [3.05, 3.63) is 42.5 Å². The van der Waals surface area contributed by atoms with Gasteiger partial charge in [0.15, 0.2) is 11.5 Å². The molecule has 0 radical (unpaired) electrons. The first-order valence-electron chi connectivity index (χ1n) is 5.65. The van der Waals surface area contributed by atoms with E-state index < -0.39 is 0 Å². The summed E-state index contributed by atoms with van der Waals surface area (Å²) in [5, 5.41) is 0. The van der Waals surface area contributed by atoms with Gasteiger partial charge < -0.3 is 14.2 Å². The summed E-state index contributed by atoms with van der Waals surface area (Å²) in [5.74, 6) is 2.28. The summed E-state index contributed by atoms with van der Waals surface area (Å²) >= 11 is 0. The highest BCUT2D eigenvalue weighted by Gasteiger charge is 2.06. The summed E-state index contributed by atoms with van der Waals surface area (Å²) in [4.78, 5) is 0. The highest BCUT2D eigenvalue weighted by molar-refractivity contribution is 5.68. The van der Waals surface area contributed by atoms with Crippen LogP contribution in [0.1, 0.15) is 0 Å². The van der Waals surface area contributed by atoms with Crippen LogP contribution in [0, 0.1) is 0 Å². The second-order valence-corrected chi connectivity index (χ2v) is 3.80. The first-order valence-corrected chi connectivity index (χ1v) is 5.65. The molecule has 2 rings (SSSR count). The number of benzene rings is 2. The van der Waals surface area contributed by atoms with E-state index in [0.717, 1.165) is 28.4 Å². The molecule has 3 heteroatoms. The molecule has 0 bridgehead atoms. The molecule has 3 nitrogen and oxygen atoms in total. The Morgan fingerprint density at radius 2 is 1.39 bits per heavy atom. The van der Waals surface area contributed by atoms with Gasteiger partial charge in [-0.3, -0.25) is 0 Å². The largest absolute Gasteiger partial charge is 0.497 e. The van der Waals surface area contributed by atoms with E-state index >= 15 is 0 Å². The van der Waals surface area contributed by atoms with Gasteiger partial charge in [0.05, 0.1) is 21.3 Å². The molecule has 0 aliphatic rings. The Hall–Kier alpha value is -2.16. The second-order valence-electron chi connectivity index (χ2n) is 3.80. The monoisotopic (exact) mass is 244 g/mol. The van der Waals surface area contributed by atoms with E-state index in [1.165, 1.54) is 0 Å². The lowest BCUT2D eigenvalue weighted by molar-refractivity contribution is 0.355. The topological polar surface area (TPSA) is 27.7 Å². The Morgan fingerprint density at radius 1 is 0.667 bits per heavy atom. The van der Waals surface area contributed by atoms with Crippen molar-refractivity contribution in [2.75, 3.05) is 21.3 Å². The van der Waals surface area contributed by atoms with Gasteiger partial charge in [-0.25, -0.2) is 0 Å². The van der Waals surface area contributed by atoms with E-state index in [4.69, 9.17) is 14.2 Å². The predicted octanol–water partition coefficient (Wildman–Crippen LogP) is 3.38. The highest BCUT2D eigenvalue weighted by atomic mass is 16.5. The average molecular weight is 244 g/mol. The quantitative estimate of drug-likeness (QED) is 0.825. The maximum Gasteiger partial charge on any atom is 0.161 e. The molecule has 0 N–H and O–H groups in total. The van der Waals surface area contributed by atoms with Crippen molar-refractivity contribution in [1.82, 2.24) is 0 Å². The summed E-state index contributed by atoms with van der Waals surface area (Å²) in [7, 11) is 4.92. The van der Waals surface area contributed by atoms with E-state index in [9.17, 15) is 0 Å². The molecule has 0 saturated carbocycles. The molecule has 0 atom stereocenters. The Morgan fingerprint density at radius 3 is 2.06 bits per heavy atom. The molecule has 2 aromatic carbocycles. The minimum Gasteiger partial charge on any atom is -0.497 e. The van der Waals surface area contributed by atoms with E-state index in [-0.39, 0.29) is 0 Å². The van der Waals surface area contributed by atoms with Gasteiger partial charge in [0.25, 0.3) is 0 Å². The number of hydrogen-bond acceptors (Lipinski definition) is 3. The number of ether oxygens (including phenoxy) is 3. The molecular formula is C15H16O3. The normalized spacial score (nSPS) is 9.94. The van der Waals surface area contributed by atoms with Crippen LogP contribution < -0.4 is 14.2 Å². The van der Waals surface area contributed by atoms with Crippen LogP contribution in [0.4, 0.5) is 0 Å². The molecule has 0 aliphatic carbocycles. The third-order valence-electron chi connectivity index (χ3n) is 2.79. The Labute approximate surface area is 107 Å². The Balaban J connectivity index is 2.43. The van der Waals surface area contributed by atoms with Gasteiger partial charge in [0.1, 0.15) is 5.75 Å². The second kappa shape index (κ2) is 5.45. The Bertz CT molecular complexity index is 535. The summed E-state index contributed by atoms with van der Waals surface area (Å²) in [5.41, 5.74) is 2.14. The fourth-order valence-electron chi connectivity index (χ4n) is 1.82. The highest BCUT2D eigenvalue weighted by Crippen LogP contribution is 2.33. The number of methoxy groups -OCH3 is 3. The van der Waals surface area contributed by atoms with Crippen LogP contribution in [-0.4, -0.2) is 21.3 Å². The molecule has 0 saturated heterocycles. The standard InChI is InChI=1S/C15H16O3/c1-16-13-6-4-5-11(9-13)12-7-8-14(17-2)15(10-12)18-3/h4-10H,1-3H3. The summed E-state index contributed by atoms with van der Waals surface area (Å²) < 4.78 is 15.7. The predicted molar refractivity (Wildman–Crippen MR) is 71.5 cm³/mol. The van der Waals surface area contributed by atoms with Crippen molar-refractivity contribution in [2.24, 2.45) is 0 Å². The van der Waals surface area contributed by atoms with E-state index in [0.29, 0.717) is 0 Å². The van der Waals surface area contributed by atoms with Crippen LogP contribution in [0.5, 0.6) is 17.2 Å². The zero-order valence-electron chi connectivity index (χ0n) is 10.8. The third-order valence-corrected chi connectivity index (χ3v) is 2.79. The van der Waals surface area contributed by atoms with Gasteiger partial charge in [-0.2, -0.15) is 0 Å². The third kappa shape index (κ3) is 2.40. The maximum atomic E-state index is 5.30. The SMILES string of the molecule is COc1cccc(-c2ccc(OC)c(OC)c2)c1. The van der Waals surface area contributed by atoms with Crippen molar-refractivity contribution in [3.8, 4) is 28.4 Å². The minimum absolute atomic E-state index is 0.720. The van der Waals surface area contributed by atoms with Crippen LogP contribution in [0.3, 0.4) is 0 Å². The summed E-state index contributed by atoms with van der Waals surface area (Å²) in [6.07, 6.45) is 0. The van der Waals surface area contributed by atoms with Gasteiger partial charge in [-0.15, -0.1) is 0 Å². The van der Waals surface area contributed by atoms with Crippen LogP contribution >= 0.6 is 0 Å². The smallest absolute Gasteiger partial charge is 0.161 e. The van der Waals surface area contributed by atoms with Gasteiger partial charge >= 0.3 is 0 Å². The van der Waals surface area contributed by atoms with Gasteiger partial charge in [0, 0.05) is 0 Å². The molecule has 0 fully saturated rings. The van der Waals surface area contributed by atoms with Crippen molar-refractivity contribution < 1.29 is 14.2 Å².